The summed E-state index contributed by atoms with van der Waals surface area (Å²) < 4.78 is 48.1. The number of ether oxygens (including phenoxy) is 1. The Morgan fingerprint density at radius 1 is 1.14 bits per heavy atom. The van der Waals surface area contributed by atoms with Crippen molar-refractivity contribution in [2.75, 3.05) is 53.7 Å². The average Bonchev–Trinajstić information content (AvgIpc) is 2.97. The van der Waals surface area contributed by atoms with E-state index in [4.69, 9.17) is 16.2 Å². The van der Waals surface area contributed by atoms with Gasteiger partial charge in [0.15, 0.2) is 17.3 Å². The van der Waals surface area contributed by atoms with Gasteiger partial charge in [0.1, 0.15) is 17.2 Å². The summed E-state index contributed by atoms with van der Waals surface area (Å²) in [5, 5.41) is 2.72. The molecule has 0 radical (unpaired) electrons. The lowest BCUT2D eigenvalue weighted by molar-refractivity contribution is -0.137. The van der Waals surface area contributed by atoms with Crippen LogP contribution in [0, 0.1) is 5.92 Å². The number of nitrogen functional groups attached to an aromatic ring is 1. The summed E-state index contributed by atoms with van der Waals surface area (Å²) in [6.45, 7) is 8.69. The molecule has 0 saturated carbocycles. The van der Waals surface area contributed by atoms with Crippen molar-refractivity contribution in [2.24, 2.45) is 11.7 Å². The molecule has 1 amide bonds. The van der Waals surface area contributed by atoms with Gasteiger partial charge in [-0.2, -0.15) is 13.2 Å². The third kappa shape index (κ3) is 6.64. The van der Waals surface area contributed by atoms with Crippen LogP contribution in [-0.4, -0.2) is 70.3 Å². The summed E-state index contributed by atoms with van der Waals surface area (Å²) in [6.07, 6.45) is -0.595. The van der Waals surface area contributed by atoms with Gasteiger partial charge in [0, 0.05) is 31.4 Å². The fourth-order valence-electron chi connectivity index (χ4n) is 5.35. The molecule has 5 heterocycles. The molecule has 0 aliphatic carbocycles. The van der Waals surface area contributed by atoms with E-state index < -0.39 is 23.3 Å². The zero-order valence-electron chi connectivity index (χ0n) is 24.4. The second-order valence-electron chi connectivity index (χ2n) is 11.6. The Morgan fingerprint density at radius 2 is 1.88 bits per heavy atom. The molecule has 0 spiro atoms. The van der Waals surface area contributed by atoms with Crippen LogP contribution >= 0.6 is 0 Å². The maximum atomic E-state index is 14.2. The largest absolute Gasteiger partial charge is 0.418 e. The number of rotatable bonds is 6. The molecule has 0 aromatic carbocycles. The molecule has 11 nitrogen and oxygen atoms in total. The van der Waals surface area contributed by atoms with Gasteiger partial charge < -0.3 is 31.3 Å². The molecule has 1 unspecified atom stereocenters. The van der Waals surface area contributed by atoms with Crippen LogP contribution in [0.3, 0.4) is 0 Å². The minimum atomic E-state index is -4.73. The maximum absolute atomic E-state index is 14.2. The molecule has 3 aromatic heterocycles. The van der Waals surface area contributed by atoms with Gasteiger partial charge in [0.25, 0.3) is 5.91 Å². The third-order valence-electron chi connectivity index (χ3n) is 7.94. The van der Waals surface area contributed by atoms with Crippen LogP contribution in [0.5, 0.6) is 0 Å². The number of nitrogens with one attached hydrogen (secondary N) is 1. The van der Waals surface area contributed by atoms with Gasteiger partial charge in [-0.15, -0.1) is 0 Å². The molecular formula is C29H36F3N9O2. The number of aromatic nitrogens is 4. The van der Waals surface area contributed by atoms with E-state index in [0.717, 1.165) is 25.1 Å². The van der Waals surface area contributed by atoms with Gasteiger partial charge in [-0.05, 0) is 49.9 Å². The minimum Gasteiger partial charge on any atom is -0.382 e. The lowest BCUT2D eigenvalue weighted by Gasteiger charge is -2.39. The number of alkyl halides is 3. The number of hydrogen-bond acceptors (Lipinski definition) is 10. The van der Waals surface area contributed by atoms with Crippen LogP contribution in [0.1, 0.15) is 49.7 Å². The van der Waals surface area contributed by atoms with Crippen LogP contribution in [0.15, 0.2) is 36.7 Å². The van der Waals surface area contributed by atoms with Crippen molar-refractivity contribution in [3.63, 3.8) is 0 Å². The number of nitrogens with two attached hydrogens (primary N) is 2. The molecule has 0 bridgehead atoms. The predicted octanol–water partition coefficient (Wildman–Crippen LogP) is 3.97. The van der Waals surface area contributed by atoms with E-state index in [1.165, 1.54) is 12.3 Å². The summed E-state index contributed by atoms with van der Waals surface area (Å²) in [5.74, 6) is -0.218. The molecule has 2 saturated heterocycles. The van der Waals surface area contributed by atoms with E-state index in [-0.39, 0.29) is 40.5 Å². The topological polar surface area (TPSA) is 148 Å². The molecule has 5 N–H and O–H groups in total. The summed E-state index contributed by atoms with van der Waals surface area (Å²) in [4.78, 5) is 34.5. The molecule has 230 valence electrons. The van der Waals surface area contributed by atoms with Crippen molar-refractivity contribution in [1.82, 2.24) is 19.9 Å². The van der Waals surface area contributed by atoms with Crippen LogP contribution in [0.4, 0.5) is 36.3 Å². The summed E-state index contributed by atoms with van der Waals surface area (Å²) in [7, 11) is 0. The van der Waals surface area contributed by atoms with Crippen molar-refractivity contribution in [3.05, 3.63) is 47.9 Å². The highest BCUT2D eigenvalue weighted by atomic mass is 19.4. The molecule has 3 aromatic rings. The first-order valence-corrected chi connectivity index (χ1v) is 14.2. The highest BCUT2D eigenvalue weighted by Gasteiger charge is 2.37. The summed E-state index contributed by atoms with van der Waals surface area (Å²) in [6, 6.07) is 5.84. The fraction of sp³-hybridized carbons (Fsp3) is 0.483. The zero-order chi connectivity index (χ0) is 30.9. The first kappa shape index (κ1) is 30.4. The second kappa shape index (κ2) is 11.9. The van der Waals surface area contributed by atoms with Crippen molar-refractivity contribution in [3.8, 4) is 11.4 Å². The van der Waals surface area contributed by atoms with Gasteiger partial charge in [-0.3, -0.25) is 4.79 Å². The quantitative estimate of drug-likeness (QED) is 0.380. The lowest BCUT2D eigenvalue weighted by Crippen LogP contribution is -2.48. The Kier molecular flexibility index (Phi) is 8.43. The van der Waals surface area contributed by atoms with Crippen molar-refractivity contribution < 1.29 is 22.7 Å². The number of pyridine rings is 2. The van der Waals surface area contributed by atoms with Crippen LogP contribution in [0.25, 0.3) is 11.4 Å². The number of carbonyl (C=O) groups is 1. The van der Waals surface area contributed by atoms with Crippen molar-refractivity contribution >= 4 is 29.0 Å². The van der Waals surface area contributed by atoms with E-state index in [1.54, 1.807) is 6.07 Å². The fourth-order valence-corrected chi connectivity index (χ4v) is 5.35. The SMILES string of the molecule is CC(C)C1COCCN1c1ccc(C(F)(F)F)c(-c2cnc(N)c(C(=O)Nc3ncccc3N3CCC(C)(N)CC3)n2)n1. The third-order valence-corrected chi connectivity index (χ3v) is 7.94. The van der Waals surface area contributed by atoms with Gasteiger partial charge in [0.2, 0.25) is 0 Å². The maximum Gasteiger partial charge on any atom is 0.418 e. The standard InChI is InChI=1S/C29H36F3N9O2/c1-17(2)21-16-43-14-13-41(21)22-7-6-18(29(30,31)32)23(38-22)19-15-36-25(33)24(37-19)27(42)39-26-20(5-4-10-35-26)40-11-8-28(3,34)9-12-40/h4-7,10,15,17,21H,8-9,11-14,16,34H2,1-3H3,(H2,33,36)(H,35,39,42). The monoisotopic (exact) mass is 599 g/mol. The molecule has 2 aliphatic heterocycles. The van der Waals surface area contributed by atoms with E-state index in [1.807, 2.05) is 31.7 Å². The van der Waals surface area contributed by atoms with E-state index >= 15 is 0 Å². The number of halogens is 3. The molecule has 2 aliphatic rings. The van der Waals surface area contributed by atoms with Crippen LogP contribution < -0.4 is 26.6 Å². The number of anilines is 4. The summed E-state index contributed by atoms with van der Waals surface area (Å²) >= 11 is 0. The van der Waals surface area contributed by atoms with Gasteiger partial charge in [0.05, 0.1) is 36.7 Å². The van der Waals surface area contributed by atoms with Crippen LogP contribution in [0.2, 0.25) is 0 Å². The Balaban J connectivity index is 1.48. The van der Waals surface area contributed by atoms with E-state index in [0.29, 0.717) is 44.4 Å². The van der Waals surface area contributed by atoms with Crippen molar-refractivity contribution in [2.45, 2.75) is 51.4 Å². The zero-order valence-corrected chi connectivity index (χ0v) is 24.4. The minimum absolute atomic E-state index is 0.0734. The predicted molar refractivity (Wildman–Crippen MR) is 158 cm³/mol. The average molecular weight is 600 g/mol. The van der Waals surface area contributed by atoms with Crippen LogP contribution in [-0.2, 0) is 10.9 Å². The molecule has 5 rings (SSSR count). The Morgan fingerprint density at radius 3 is 2.58 bits per heavy atom. The van der Waals surface area contributed by atoms with Crippen molar-refractivity contribution in [1.29, 1.82) is 0 Å². The smallest absolute Gasteiger partial charge is 0.382 e. The number of piperidine rings is 1. The van der Waals surface area contributed by atoms with Gasteiger partial charge >= 0.3 is 6.18 Å². The Labute approximate surface area is 247 Å². The molecule has 14 heteroatoms. The number of amides is 1. The number of morpholine rings is 1. The normalized spacial score (nSPS) is 19.0. The second-order valence-corrected chi connectivity index (χ2v) is 11.6. The van der Waals surface area contributed by atoms with Gasteiger partial charge in [-0.1, -0.05) is 13.8 Å². The van der Waals surface area contributed by atoms with E-state index in [9.17, 15) is 18.0 Å². The first-order chi connectivity index (χ1) is 20.3. The Hall–Kier alpha value is -4.04. The highest BCUT2D eigenvalue weighted by molar-refractivity contribution is 6.06. The lowest BCUT2D eigenvalue weighted by atomic mass is 9.91. The first-order valence-electron chi connectivity index (χ1n) is 14.2. The number of nitrogens with zero attached hydrogens (tertiary/aromatic N) is 6. The summed E-state index contributed by atoms with van der Waals surface area (Å²) in [5.41, 5.74) is 10.7. The molecular weight excluding hydrogens is 563 g/mol. The number of hydrogen-bond donors (Lipinski definition) is 3. The Bertz CT molecular complexity index is 1470. The molecule has 43 heavy (non-hydrogen) atoms. The van der Waals surface area contributed by atoms with Gasteiger partial charge in [-0.25, -0.2) is 19.9 Å². The highest BCUT2D eigenvalue weighted by Crippen LogP contribution is 2.38. The molecule has 2 fully saturated rings. The van der Waals surface area contributed by atoms with E-state index in [2.05, 4.69) is 30.2 Å². The molecule has 1 atom stereocenters. The number of carbonyl (C=O) groups excluding carboxylic acids is 1.